The number of para-hydroxylation sites is 1. The van der Waals surface area contributed by atoms with E-state index in [4.69, 9.17) is 15.2 Å². The van der Waals surface area contributed by atoms with E-state index in [9.17, 15) is 14.7 Å². The largest absolute Gasteiger partial charge is 0.491 e. The summed E-state index contributed by atoms with van der Waals surface area (Å²) < 4.78 is 11.4. The molecule has 9 nitrogen and oxygen atoms in total. The van der Waals surface area contributed by atoms with Crippen LogP contribution in [0.2, 0.25) is 0 Å². The monoisotopic (exact) mass is 634 g/mol. The second-order valence-corrected chi connectivity index (χ2v) is 11.7. The van der Waals surface area contributed by atoms with Crippen molar-refractivity contribution in [3.05, 3.63) is 29.8 Å². The predicted molar refractivity (Wildman–Crippen MR) is 174 cm³/mol. The summed E-state index contributed by atoms with van der Waals surface area (Å²) in [4.78, 5) is 28.1. The Labute approximate surface area is 265 Å². The van der Waals surface area contributed by atoms with Crippen molar-refractivity contribution in [3.63, 3.8) is 0 Å². The van der Waals surface area contributed by atoms with Gasteiger partial charge in [-0.3, -0.25) is 14.5 Å². The number of benzene rings is 1. The van der Waals surface area contributed by atoms with Crippen molar-refractivity contribution in [1.82, 2.24) is 15.5 Å². The van der Waals surface area contributed by atoms with Crippen LogP contribution in [0, 0.1) is 23.7 Å². The maximum absolute atomic E-state index is 13.1. The normalized spacial score (nSPS) is 16.5. The minimum Gasteiger partial charge on any atom is -0.491 e. The van der Waals surface area contributed by atoms with Crippen LogP contribution >= 0.6 is 24.8 Å². The summed E-state index contributed by atoms with van der Waals surface area (Å²) >= 11 is 0. The SMILES string of the molecule is CCCCNC(=O)C(CC(O)C(N)CC(CNC(=O)c1ccccc1OCCN1CCOCC1)C(C)C)C(C)C.Cl.Cl. The zero-order chi connectivity index (χ0) is 29.5. The highest BCUT2D eigenvalue weighted by molar-refractivity contribution is 5.96. The third kappa shape index (κ3) is 14.2. The van der Waals surface area contributed by atoms with Gasteiger partial charge in [0.2, 0.25) is 5.91 Å². The minimum atomic E-state index is -0.804. The van der Waals surface area contributed by atoms with Crippen molar-refractivity contribution in [2.45, 2.75) is 72.4 Å². The molecule has 0 spiro atoms. The van der Waals surface area contributed by atoms with Crippen molar-refractivity contribution in [3.8, 4) is 5.75 Å². The van der Waals surface area contributed by atoms with Gasteiger partial charge in [-0.15, -0.1) is 24.8 Å². The van der Waals surface area contributed by atoms with Crippen LogP contribution in [0.25, 0.3) is 0 Å². The van der Waals surface area contributed by atoms with Crippen LogP contribution in [0.15, 0.2) is 24.3 Å². The fourth-order valence-electron chi connectivity index (χ4n) is 4.94. The molecule has 1 aromatic carbocycles. The van der Waals surface area contributed by atoms with Crippen molar-refractivity contribution >= 4 is 36.6 Å². The number of nitrogens with zero attached hydrogens (tertiary/aromatic N) is 1. The molecule has 11 heteroatoms. The number of aliphatic hydroxyl groups is 1. The molecular formula is C31H56Cl2N4O5. The van der Waals surface area contributed by atoms with E-state index in [-0.39, 0.29) is 60.3 Å². The first kappa shape index (κ1) is 40.4. The highest BCUT2D eigenvalue weighted by Gasteiger charge is 2.29. The third-order valence-electron chi connectivity index (χ3n) is 7.90. The topological polar surface area (TPSA) is 126 Å². The summed E-state index contributed by atoms with van der Waals surface area (Å²) in [7, 11) is 0. The van der Waals surface area contributed by atoms with E-state index in [1.54, 1.807) is 6.07 Å². The molecule has 4 unspecified atom stereocenters. The summed E-state index contributed by atoms with van der Waals surface area (Å²) in [6, 6.07) is 6.80. The number of aliphatic hydroxyl groups excluding tert-OH is 1. The standard InChI is InChI=1S/C31H54N4O5.2ClH/c1-6-7-12-33-31(38)26(23(4)5)20-28(36)27(32)19-24(22(2)3)21-34-30(37)25-10-8-9-11-29(25)40-18-15-35-13-16-39-17-14-35;;/h8-11,22-24,26-28,36H,6-7,12-21,32H2,1-5H3,(H,33,38)(H,34,37);2*1H. The van der Waals surface area contributed by atoms with Gasteiger partial charge >= 0.3 is 0 Å². The summed E-state index contributed by atoms with van der Waals surface area (Å²) in [5, 5.41) is 17.0. The molecule has 1 aromatic rings. The lowest BCUT2D eigenvalue weighted by Gasteiger charge is -2.30. The second kappa shape index (κ2) is 22.0. The maximum Gasteiger partial charge on any atom is 0.255 e. The van der Waals surface area contributed by atoms with Crippen LogP contribution in [0.1, 0.15) is 70.7 Å². The number of hydrogen-bond acceptors (Lipinski definition) is 7. The van der Waals surface area contributed by atoms with E-state index in [0.717, 1.165) is 45.7 Å². The molecule has 1 fully saturated rings. The Morgan fingerprint density at radius 1 is 1.05 bits per heavy atom. The van der Waals surface area contributed by atoms with Crippen LogP contribution < -0.4 is 21.1 Å². The number of nitrogens with one attached hydrogen (secondary N) is 2. The number of amides is 2. The highest BCUT2D eigenvalue weighted by atomic mass is 35.5. The van der Waals surface area contributed by atoms with Gasteiger partial charge in [0.25, 0.3) is 5.91 Å². The molecule has 5 N–H and O–H groups in total. The third-order valence-corrected chi connectivity index (χ3v) is 7.90. The Kier molecular flexibility index (Phi) is 21.1. The first-order valence-corrected chi connectivity index (χ1v) is 15.1. The van der Waals surface area contributed by atoms with Crippen molar-refractivity contribution in [2.24, 2.45) is 29.4 Å². The molecule has 0 saturated carbocycles. The Hall–Kier alpha value is -1.62. The van der Waals surface area contributed by atoms with Gasteiger partial charge in [0.1, 0.15) is 12.4 Å². The van der Waals surface area contributed by atoms with Gasteiger partial charge in [0, 0.05) is 44.7 Å². The molecule has 1 aliphatic rings. The van der Waals surface area contributed by atoms with Crippen LogP contribution in [0.5, 0.6) is 5.75 Å². The Bertz CT molecular complexity index is 887. The molecule has 1 heterocycles. The van der Waals surface area contributed by atoms with Gasteiger partial charge in [-0.25, -0.2) is 0 Å². The molecule has 4 atom stereocenters. The lowest BCUT2D eigenvalue weighted by Crippen LogP contribution is -2.44. The summed E-state index contributed by atoms with van der Waals surface area (Å²) in [6.07, 6.45) is 2.01. The van der Waals surface area contributed by atoms with E-state index in [1.165, 1.54) is 0 Å². The number of halogens is 2. The first-order chi connectivity index (χ1) is 19.1. The Morgan fingerprint density at radius 2 is 1.71 bits per heavy atom. The molecule has 0 bridgehead atoms. The molecule has 244 valence electrons. The fourth-order valence-corrected chi connectivity index (χ4v) is 4.94. The lowest BCUT2D eigenvalue weighted by atomic mass is 9.83. The predicted octanol–water partition coefficient (Wildman–Crippen LogP) is 3.90. The average Bonchev–Trinajstić information content (AvgIpc) is 2.94. The van der Waals surface area contributed by atoms with Crippen LogP contribution in [0.3, 0.4) is 0 Å². The van der Waals surface area contributed by atoms with Crippen molar-refractivity contribution in [2.75, 3.05) is 52.5 Å². The van der Waals surface area contributed by atoms with E-state index in [0.29, 0.717) is 43.9 Å². The van der Waals surface area contributed by atoms with E-state index < -0.39 is 12.1 Å². The fraction of sp³-hybridized carbons (Fsp3) is 0.742. The van der Waals surface area contributed by atoms with Crippen molar-refractivity contribution in [1.29, 1.82) is 0 Å². The summed E-state index contributed by atoms with van der Waals surface area (Å²) in [5.74, 6) is 0.474. The van der Waals surface area contributed by atoms with Gasteiger partial charge in [0.15, 0.2) is 0 Å². The molecule has 1 aliphatic heterocycles. The minimum absolute atomic E-state index is 0. The molecular weight excluding hydrogens is 579 g/mol. The van der Waals surface area contributed by atoms with Gasteiger partial charge in [0.05, 0.1) is 24.9 Å². The molecule has 2 rings (SSSR count). The number of ether oxygens (including phenoxy) is 2. The molecule has 0 aromatic heterocycles. The summed E-state index contributed by atoms with van der Waals surface area (Å²) in [5.41, 5.74) is 6.96. The van der Waals surface area contributed by atoms with Gasteiger partial charge in [-0.05, 0) is 49.1 Å². The van der Waals surface area contributed by atoms with Gasteiger partial charge < -0.3 is 30.9 Å². The van der Waals surface area contributed by atoms with Gasteiger partial charge in [-0.1, -0.05) is 53.2 Å². The quantitative estimate of drug-likeness (QED) is 0.180. The second-order valence-electron chi connectivity index (χ2n) is 11.7. The number of nitrogens with two attached hydrogens (primary N) is 1. The van der Waals surface area contributed by atoms with E-state index in [1.807, 2.05) is 32.0 Å². The average molecular weight is 636 g/mol. The number of hydrogen-bond donors (Lipinski definition) is 4. The number of rotatable bonds is 18. The van der Waals surface area contributed by atoms with E-state index >= 15 is 0 Å². The van der Waals surface area contributed by atoms with Crippen molar-refractivity contribution < 1.29 is 24.2 Å². The first-order valence-electron chi connectivity index (χ1n) is 15.1. The smallest absolute Gasteiger partial charge is 0.255 e. The molecule has 2 amide bonds. The van der Waals surface area contributed by atoms with Crippen LogP contribution in [-0.2, 0) is 9.53 Å². The number of carbonyl (C=O) groups excluding carboxylic acids is 2. The number of carbonyl (C=O) groups is 2. The Morgan fingerprint density at radius 3 is 2.33 bits per heavy atom. The number of morpholine rings is 1. The lowest BCUT2D eigenvalue weighted by molar-refractivity contribution is -0.127. The molecule has 0 radical (unpaired) electrons. The zero-order valence-corrected chi connectivity index (χ0v) is 27.8. The maximum atomic E-state index is 13.1. The van der Waals surface area contributed by atoms with Gasteiger partial charge in [-0.2, -0.15) is 0 Å². The zero-order valence-electron chi connectivity index (χ0n) is 26.2. The number of unbranched alkanes of at least 4 members (excludes halogenated alkanes) is 1. The molecule has 1 saturated heterocycles. The highest BCUT2D eigenvalue weighted by Crippen LogP contribution is 2.24. The molecule has 0 aliphatic carbocycles. The molecule has 42 heavy (non-hydrogen) atoms. The Balaban J connectivity index is 0.00000840. The van der Waals surface area contributed by atoms with Crippen LogP contribution in [0.4, 0.5) is 0 Å². The summed E-state index contributed by atoms with van der Waals surface area (Å²) in [6.45, 7) is 15.9. The van der Waals surface area contributed by atoms with Crippen LogP contribution in [-0.4, -0.2) is 86.5 Å². The van der Waals surface area contributed by atoms with E-state index in [2.05, 4.69) is 36.3 Å².